The summed E-state index contributed by atoms with van der Waals surface area (Å²) in [7, 11) is 0. The highest BCUT2D eigenvalue weighted by Gasteiger charge is 2.35. The molecule has 1 amide bonds. The highest BCUT2D eigenvalue weighted by atomic mass is 19.4. The van der Waals surface area contributed by atoms with Crippen molar-refractivity contribution < 1.29 is 18.0 Å². The summed E-state index contributed by atoms with van der Waals surface area (Å²) in [6.07, 6.45) is -4.86. The molecule has 0 saturated carbocycles. The second kappa shape index (κ2) is 4.61. The lowest BCUT2D eigenvalue weighted by Gasteiger charge is -1.95. The molecule has 0 aliphatic rings. The monoisotopic (exact) mass is 154 g/mol. The molecule has 0 saturated heterocycles. The smallest absolute Gasteiger partial charge is 0.362 e. The van der Waals surface area contributed by atoms with Crippen molar-refractivity contribution in [3.8, 4) is 6.07 Å². The number of nitriles is 1. The van der Waals surface area contributed by atoms with Crippen LogP contribution in [0.5, 0.6) is 0 Å². The second-order valence-electron chi connectivity index (χ2n) is 1.09. The topological polar surface area (TPSA) is 66.9 Å². The summed E-state index contributed by atoms with van der Waals surface area (Å²) >= 11 is 0. The van der Waals surface area contributed by atoms with Gasteiger partial charge in [0.05, 0.1) is 6.07 Å². The van der Waals surface area contributed by atoms with E-state index in [9.17, 15) is 13.2 Å². The number of carbonyl (C=O) groups is 1. The van der Waals surface area contributed by atoms with Gasteiger partial charge >= 0.3 is 12.1 Å². The van der Waals surface area contributed by atoms with Crippen molar-refractivity contribution in [1.29, 1.82) is 5.26 Å². The summed E-state index contributed by atoms with van der Waals surface area (Å²) in [5.74, 6) is -2.26. The largest absolute Gasteiger partial charge is 0.470 e. The molecule has 6 heteroatoms. The van der Waals surface area contributed by atoms with Crippen molar-refractivity contribution in [3.63, 3.8) is 0 Å². The maximum absolute atomic E-state index is 10.7. The molecule has 0 bridgehead atoms. The van der Waals surface area contributed by atoms with Gasteiger partial charge in [-0.05, 0) is 0 Å². The molecule has 10 heavy (non-hydrogen) atoms. The van der Waals surface area contributed by atoms with E-state index in [0.717, 1.165) is 0 Å². The molecule has 0 aromatic heterocycles. The van der Waals surface area contributed by atoms with Gasteiger partial charge in [0.15, 0.2) is 0 Å². The van der Waals surface area contributed by atoms with Gasteiger partial charge in [-0.15, -0.1) is 0 Å². The molecule has 58 valence electrons. The summed E-state index contributed by atoms with van der Waals surface area (Å²) in [4.78, 5) is 9.12. The van der Waals surface area contributed by atoms with E-state index >= 15 is 0 Å². The molecule has 0 rings (SSSR count). The van der Waals surface area contributed by atoms with E-state index < -0.39 is 12.1 Å². The number of halogens is 3. The van der Waals surface area contributed by atoms with Crippen LogP contribution in [0.3, 0.4) is 0 Å². The maximum Gasteiger partial charge on any atom is 0.470 e. The minimum atomic E-state index is -4.86. The number of hydrogen-bond donors (Lipinski definition) is 1. The minimum absolute atomic E-state index is 1.43. The maximum atomic E-state index is 10.7. The molecular formula is C4H5F3N2O. The van der Waals surface area contributed by atoms with Crippen LogP contribution < -0.4 is 5.73 Å². The summed E-state index contributed by atoms with van der Waals surface area (Å²) in [6, 6.07) is 1.75. The van der Waals surface area contributed by atoms with Crippen molar-refractivity contribution in [2.45, 2.75) is 13.1 Å². The molecule has 0 aliphatic carbocycles. The molecule has 0 spiro atoms. The molecule has 0 aromatic rings. The van der Waals surface area contributed by atoms with Gasteiger partial charge in [0.25, 0.3) is 0 Å². The van der Waals surface area contributed by atoms with Crippen molar-refractivity contribution in [2.24, 2.45) is 5.73 Å². The van der Waals surface area contributed by atoms with Crippen molar-refractivity contribution in [3.05, 3.63) is 0 Å². The van der Waals surface area contributed by atoms with Crippen LogP contribution in [0.4, 0.5) is 13.2 Å². The Bertz CT molecular complexity index is 146. The third kappa shape index (κ3) is 9.89. The lowest BCUT2D eigenvalue weighted by molar-refractivity contribution is -0.169. The first-order valence-electron chi connectivity index (χ1n) is 2.03. The van der Waals surface area contributed by atoms with Gasteiger partial charge in [0.1, 0.15) is 0 Å². The Morgan fingerprint density at radius 3 is 1.70 bits per heavy atom. The zero-order chi connectivity index (χ0) is 8.78. The fourth-order valence-corrected chi connectivity index (χ4v) is 0. The minimum Gasteiger partial charge on any atom is -0.362 e. The van der Waals surface area contributed by atoms with Gasteiger partial charge < -0.3 is 5.73 Å². The van der Waals surface area contributed by atoms with Gasteiger partial charge in [-0.1, -0.05) is 0 Å². The first-order chi connectivity index (χ1) is 4.36. The SMILES string of the molecule is CC#N.NC(=O)C(F)(F)F. The third-order valence-corrected chi connectivity index (χ3v) is 0.279. The van der Waals surface area contributed by atoms with Crippen molar-refractivity contribution >= 4 is 5.91 Å². The van der Waals surface area contributed by atoms with E-state index in [0.29, 0.717) is 0 Å². The van der Waals surface area contributed by atoms with Gasteiger partial charge in [-0.25, -0.2) is 0 Å². The fraction of sp³-hybridized carbons (Fsp3) is 0.500. The number of primary amides is 1. The highest BCUT2D eigenvalue weighted by Crippen LogP contribution is 2.11. The number of carbonyl (C=O) groups excluding carboxylic acids is 1. The molecule has 3 nitrogen and oxygen atoms in total. The zero-order valence-corrected chi connectivity index (χ0v) is 5.07. The van der Waals surface area contributed by atoms with Crippen LogP contribution in [0.2, 0.25) is 0 Å². The van der Waals surface area contributed by atoms with Gasteiger partial charge in [-0.2, -0.15) is 18.4 Å². The predicted octanol–water partition coefficient (Wildman–Crippen LogP) is 0.564. The van der Waals surface area contributed by atoms with Crippen LogP contribution in [0.15, 0.2) is 0 Å². The summed E-state index contributed by atoms with van der Waals surface area (Å²) in [5.41, 5.74) is 3.81. The van der Waals surface area contributed by atoms with E-state index in [-0.39, 0.29) is 0 Å². The summed E-state index contributed by atoms with van der Waals surface area (Å²) in [5, 5.41) is 7.32. The normalized spacial score (nSPS) is 8.70. The average Bonchev–Trinajstić information content (AvgIpc) is 1.64. The number of amides is 1. The first kappa shape index (κ1) is 11.5. The van der Waals surface area contributed by atoms with E-state index in [1.54, 1.807) is 6.07 Å². The Balaban J connectivity index is 0. The Labute approximate surface area is 55.2 Å². The zero-order valence-electron chi connectivity index (χ0n) is 5.07. The number of alkyl halides is 3. The number of hydrogen-bond acceptors (Lipinski definition) is 2. The number of nitrogens with two attached hydrogens (primary N) is 1. The molecule has 0 unspecified atom stereocenters. The van der Waals surface area contributed by atoms with Gasteiger partial charge in [0.2, 0.25) is 0 Å². The predicted molar refractivity (Wildman–Crippen MR) is 26.5 cm³/mol. The molecule has 2 N–H and O–H groups in total. The standard InChI is InChI=1S/C2H2F3NO.C2H3N/c3-2(4,5)1(6)7;1-2-3/h(H2,6,7);1H3. The first-order valence-corrected chi connectivity index (χ1v) is 2.03. The van der Waals surface area contributed by atoms with Crippen LogP contribution in [-0.4, -0.2) is 12.1 Å². The van der Waals surface area contributed by atoms with Crippen molar-refractivity contribution in [1.82, 2.24) is 0 Å². The van der Waals surface area contributed by atoms with Crippen LogP contribution in [0.1, 0.15) is 6.92 Å². The number of rotatable bonds is 0. The third-order valence-electron chi connectivity index (χ3n) is 0.279. The summed E-state index contributed by atoms with van der Waals surface area (Å²) < 4.78 is 32.1. The Morgan fingerprint density at radius 2 is 1.70 bits per heavy atom. The van der Waals surface area contributed by atoms with Crippen LogP contribution in [0.25, 0.3) is 0 Å². The molecule has 0 fully saturated rings. The molecule has 0 aliphatic heterocycles. The molecule has 0 radical (unpaired) electrons. The van der Waals surface area contributed by atoms with E-state index in [2.05, 4.69) is 5.73 Å². The Morgan fingerprint density at radius 1 is 1.60 bits per heavy atom. The molecule has 0 heterocycles. The van der Waals surface area contributed by atoms with Crippen molar-refractivity contribution in [2.75, 3.05) is 0 Å². The van der Waals surface area contributed by atoms with Gasteiger partial charge in [-0.3, -0.25) is 4.79 Å². The second-order valence-corrected chi connectivity index (χ2v) is 1.09. The molecular weight excluding hydrogens is 149 g/mol. The highest BCUT2D eigenvalue weighted by molar-refractivity contribution is 5.79. The quantitative estimate of drug-likeness (QED) is 0.554. The van der Waals surface area contributed by atoms with E-state index in [1.165, 1.54) is 6.92 Å². The molecule has 0 aromatic carbocycles. The fourth-order valence-electron chi connectivity index (χ4n) is 0. The van der Waals surface area contributed by atoms with Gasteiger partial charge in [0, 0.05) is 6.92 Å². The van der Waals surface area contributed by atoms with Crippen LogP contribution in [-0.2, 0) is 4.79 Å². The Kier molecular flexibility index (Phi) is 5.32. The van der Waals surface area contributed by atoms with Crippen LogP contribution >= 0.6 is 0 Å². The lowest BCUT2D eigenvalue weighted by atomic mass is 10.6. The van der Waals surface area contributed by atoms with Crippen LogP contribution in [0, 0.1) is 11.3 Å². The Hall–Kier alpha value is -1.25. The number of nitrogens with zero attached hydrogens (tertiary/aromatic N) is 1. The van der Waals surface area contributed by atoms with E-state index in [4.69, 9.17) is 10.1 Å². The molecule has 0 atom stereocenters. The summed E-state index contributed by atoms with van der Waals surface area (Å²) in [6.45, 7) is 1.43. The van der Waals surface area contributed by atoms with E-state index in [1.807, 2.05) is 0 Å². The lowest BCUT2D eigenvalue weighted by Crippen LogP contribution is -2.30. The average molecular weight is 154 g/mol.